The van der Waals surface area contributed by atoms with E-state index in [1.165, 1.54) is 48.7 Å². The molecule has 1 unspecified atom stereocenters. The molecule has 158 valence electrons. The molecule has 0 bridgehead atoms. The molecule has 2 aromatic carbocycles. The molecule has 6 rings (SSSR count). The van der Waals surface area contributed by atoms with E-state index >= 15 is 0 Å². The zero-order valence-corrected chi connectivity index (χ0v) is 18.1. The lowest BCUT2D eigenvalue weighted by Crippen LogP contribution is -2.53. The Morgan fingerprint density at radius 2 is 1.71 bits per heavy atom. The molecule has 0 saturated carbocycles. The van der Waals surface area contributed by atoms with Crippen molar-refractivity contribution >= 4 is 27.8 Å². The summed E-state index contributed by atoms with van der Waals surface area (Å²) in [5.41, 5.74) is 4.92. The Balaban J connectivity index is 1.23. The molecule has 0 amide bonds. The van der Waals surface area contributed by atoms with E-state index in [-0.39, 0.29) is 0 Å². The Bertz CT molecular complexity index is 1220. The second-order valence-electron chi connectivity index (χ2n) is 9.19. The van der Waals surface area contributed by atoms with Gasteiger partial charge < -0.3 is 9.88 Å². The number of hydrogen-bond acceptors (Lipinski definition) is 4. The van der Waals surface area contributed by atoms with Crippen molar-refractivity contribution in [3.63, 3.8) is 0 Å². The molecule has 4 heterocycles. The van der Waals surface area contributed by atoms with E-state index in [0.29, 0.717) is 11.6 Å². The van der Waals surface area contributed by atoms with Crippen LogP contribution in [-0.4, -0.2) is 45.0 Å². The molecule has 2 saturated heterocycles. The smallest absolute Gasteiger partial charge is 0.147 e. The Morgan fingerprint density at radius 3 is 2.58 bits per heavy atom. The Kier molecular flexibility index (Phi) is 4.46. The fourth-order valence-electron chi connectivity index (χ4n) is 5.96. The maximum Gasteiger partial charge on any atom is 0.147 e. The Hall–Kier alpha value is -2.92. The highest BCUT2D eigenvalue weighted by Gasteiger charge is 2.45. The van der Waals surface area contributed by atoms with Crippen LogP contribution in [0.4, 0.5) is 5.82 Å². The number of anilines is 1. The van der Waals surface area contributed by atoms with Crippen LogP contribution in [0.2, 0.25) is 0 Å². The van der Waals surface area contributed by atoms with Gasteiger partial charge in [0.05, 0.1) is 17.2 Å². The molecule has 0 radical (unpaired) electrons. The first-order valence-corrected chi connectivity index (χ1v) is 11.5. The van der Waals surface area contributed by atoms with E-state index in [9.17, 15) is 0 Å². The maximum absolute atomic E-state index is 4.89. The number of likely N-dealkylation sites (tertiary alicyclic amines) is 1. The Labute approximate surface area is 183 Å². The van der Waals surface area contributed by atoms with Gasteiger partial charge in [-0.15, -0.1) is 0 Å². The number of aromatic nitrogens is 3. The second-order valence-corrected chi connectivity index (χ2v) is 9.19. The molecule has 4 aromatic rings. The highest BCUT2D eigenvalue weighted by atomic mass is 15.3. The third-order valence-electron chi connectivity index (χ3n) is 7.64. The molecule has 5 heteroatoms. The molecule has 5 nitrogen and oxygen atoms in total. The van der Waals surface area contributed by atoms with Gasteiger partial charge in [-0.1, -0.05) is 30.3 Å². The van der Waals surface area contributed by atoms with Crippen molar-refractivity contribution in [3.8, 4) is 0 Å². The average molecular weight is 412 g/mol. The van der Waals surface area contributed by atoms with Gasteiger partial charge in [0.15, 0.2) is 0 Å². The highest BCUT2D eigenvalue weighted by Crippen LogP contribution is 2.44. The molecule has 0 aliphatic carbocycles. The number of aromatic amines is 1. The van der Waals surface area contributed by atoms with Crippen LogP contribution in [0, 0.1) is 0 Å². The van der Waals surface area contributed by atoms with Gasteiger partial charge in [0, 0.05) is 41.8 Å². The lowest BCUT2D eigenvalue weighted by Gasteiger charge is -2.47. The molecular formula is C26H29N5. The van der Waals surface area contributed by atoms with Gasteiger partial charge in [0.1, 0.15) is 5.82 Å². The molecule has 1 N–H and O–H groups in total. The summed E-state index contributed by atoms with van der Waals surface area (Å²) in [5, 5.41) is 1.36. The predicted octanol–water partition coefficient (Wildman–Crippen LogP) is 5.31. The molecule has 1 atom stereocenters. The number of nitrogens with one attached hydrogen (secondary N) is 1. The number of para-hydroxylation sites is 3. The zero-order valence-electron chi connectivity index (χ0n) is 18.1. The van der Waals surface area contributed by atoms with E-state index < -0.39 is 0 Å². The predicted molar refractivity (Wildman–Crippen MR) is 126 cm³/mol. The normalized spacial score (nSPS) is 20.1. The first kappa shape index (κ1) is 18.8. The molecular weight excluding hydrogens is 382 g/mol. The van der Waals surface area contributed by atoms with Crippen molar-refractivity contribution in [2.45, 2.75) is 44.2 Å². The average Bonchev–Trinajstić information content (AvgIpc) is 3.43. The number of rotatable bonds is 3. The largest absolute Gasteiger partial charge is 0.361 e. The highest BCUT2D eigenvalue weighted by molar-refractivity contribution is 5.83. The lowest BCUT2D eigenvalue weighted by molar-refractivity contribution is 0.0699. The summed E-state index contributed by atoms with van der Waals surface area (Å²) in [6.45, 7) is 5.68. The van der Waals surface area contributed by atoms with E-state index in [1.807, 2.05) is 24.4 Å². The van der Waals surface area contributed by atoms with Crippen LogP contribution >= 0.6 is 0 Å². The number of hydrogen-bond donors (Lipinski definition) is 1. The van der Waals surface area contributed by atoms with Crippen molar-refractivity contribution in [2.24, 2.45) is 0 Å². The van der Waals surface area contributed by atoms with Crippen molar-refractivity contribution in [1.29, 1.82) is 0 Å². The maximum atomic E-state index is 4.89. The molecule has 2 aromatic heterocycles. The third kappa shape index (κ3) is 3.10. The number of piperidine rings is 1. The first-order valence-electron chi connectivity index (χ1n) is 11.5. The van der Waals surface area contributed by atoms with Crippen molar-refractivity contribution in [2.75, 3.05) is 24.5 Å². The zero-order chi connectivity index (χ0) is 20.8. The SMILES string of the molecule is CC(c1c[nH]c2ccccc12)N1CCCC12CCN(c1cnc3ccccc3n1)CC2. The molecule has 2 fully saturated rings. The summed E-state index contributed by atoms with van der Waals surface area (Å²) in [7, 11) is 0. The van der Waals surface area contributed by atoms with Crippen LogP contribution in [0.1, 0.15) is 44.2 Å². The van der Waals surface area contributed by atoms with Crippen LogP contribution in [0.5, 0.6) is 0 Å². The van der Waals surface area contributed by atoms with Gasteiger partial charge in [-0.25, -0.2) is 4.98 Å². The minimum Gasteiger partial charge on any atom is -0.361 e. The summed E-state index contributed by atoms with van der Waals surface area (Å²) in [6, 6.07) is 17.2. The summed E-state index contributed by atoms with van der Waals surface area (Å²) in [5.74, 6) is 1.02. The van der Waals surface area contributed by atoms with Crippen molar-refractivity contribution in [1.82, 2.24) is 19.9 Å². The van der Waals surface area contributed by atoms with Crippen molar-refractivity contribution in [3.05, 3.63) is 66.5 Å². The minimum atomic E-state index is 0.304. The van der Waals surface area contributed by atoms with Gasteiger partial charge in [-0.3, -0.25) is 9.88 Å². The van der Waals surface area contributed by atoms with Gasteiger partial charge in [0.2, 0.25) is 0 Å². The summed E-state index contributed by atoms with van der Waals surface area (Å²) in [4.78, 5) is 18.2. The van der Waals surface area contributed by atoms with E-state index in [1.54, 1.807) is 0 Å². The van der Waals surface area contributed by atoms with Gasteiger partial charge in [-0.05, 0) is 62.9 Å². The standard InChI is InChI=1S/C26H29N5/c1-19(21-17-27-22-8-3-2-7-20(21)22)31-14-6-11-26(31)12-15-30(16-13-26)25-18-28-23-9-4-5-10-24(23)29-25/h2-5,7-10,17-19,27H,6,11-16H2,1H3. The summed E-state index contributed by atoms with van der Waals surface area (Å²) in [6.07, 6.45) is 9.14. The fraction of sp³-hybridized carbons (Fsp3) is 0.385. The van der Waals surface area contributed by atoms with Crippen LogP contribution < -0.4 is 4.90 Å². The van der Waals surface area contributed by atoms with Crippen LogP contribution in [0.25, 0.3) is 21.9 Å². The third-order valence-corrected chi connectivity index (χ3v) is 7.64. The topological polar surface area (TPSA) is 48.1 Å². The van der Waals surface area contributed by atoms with Gasteiger partial charge >= 0.3 is 0 Å². The van der Waals surface area contributed by atoms with E-state index in [2.05, 4.69) is 63.2 Å². The van der Waals surface area contributed by atoms with Gasteiger partial charge in [-0.2, -0.15) is 0 Å². The number of nitrogens with zero attached hydrogens (tertiary/aromatic N) is 4. The van der Waals surface area contributed by atoms with E-state index in [0.717, 1.165) is 29.9 Å². The monoisotopic (exact) mass is 411 g/mol. The second kappa shape index (κ2) is 7.34. The molecule has 1 spiro atoms. The van der Waals surface area contributed by atoms with Gasteiger partial charge in [0.25, 0.3) is 0 Å². The van der Waals surface area contributed by atoms with Crippen LogP contribution in [0.3, 0.4) is 0 Å². The van der Waals surface area contributed by atoms with Crippen LogP contribution in [0.15, 0.2) is 60.9 Å². The number of H-pyrrole nitrogens is 1. The first-order chi connectivity index (χ1) is 15.2. The number of benzene rings is 2. The molecule has 31 heavy (non-hydrogen) atoms. The number of fused-ring (bicyclic) bond motifs is 2. The van der Waals surface area contributed by atoms with E-state index in [4.69, 9.17) is 4.98 Å². The summed E-state index contributed by atoms with van der Waals surface area (Å²) >= 11 is 0. The Morgan fingerprint density at radius 1 is 0.935 bits per heavy atom. The quantitative estimate of drug-likeness (QED) is 0.496. The lowest BCUT2D eigenvalue weighted by atomic mass is 9.83. The molecule has 2 aliphatic rings. The fourth-order valence-corrected chi connectivity index (χ4v) is 5.96. The summed E-state index contributed by atoms with van der Waals surface area (Å²) < 4.78 is 0. The van der Waals surface area contributed by atoms with Crippen LogP contribution in [-0.2, 0) is 0 Å². The molecule has 2 aliphatic heterocycles. The van der Waals surface area contributed by atoms with Crippen molar-refractivity contribution < 1.29 is 0 Å². The minimum absolute atomic E-state index is 0.304.